The minimum atomic E-state index is -2.44. The summed E-state index contributed by atoms with van der Waals surface area (Å²) >= 11 is 0. The maximum Gasteiger partial charge on any atom is 0.222 e. The van der Waals surface area contributed by atoms with Gasteiger partial charge in [0, 0.05) is 5.56 Å². The van der Waals surface area contributed by atoms with E-state index in [0.29, 0.717) is 23.3 Å². The second-order valence-corrected chi connectivity index (χ2v) is 7.63. The van der Waals surface area contributed by atoms with E-state index in [4.69, 9.17) is 14.7 Å². The topological polar surface area (TPSA) is 152 Å². The standard InChI is InChI=1S/C22H27NO8/c1-12(24)20-18(25)19(26)21(27)22(28,31-20)17-10-14(11-23-29)3-6-15(17)9-13-4-7-16(30-2)8-5-13/h3-8,10-12,18-21,24-29H,9H2,1-2H3/t12-,18-,19-,20+,21+,22+/m0/s1. The number of nitrogens with zero attached hydrogens (tertiary/aromatic N) is 1. The molecule has 9 nitrogen and oxygen atoms in total. The summed E-state index contributed by atoms with van der Waals surface area (Å²) in [4.78, 5) is 0. The first-order valence-electron chi connectivity index (χ1n) is 9.77. The Kier molecular flexibility index (Phi) is 6.95. The number of hydrogen-bond acceptors (Lipinski definition) is 9. The minimum Gasteiger partial charge on any atom is -0.497 e. The van der Waals surface area contributed by atoms with Crippen LogP contribution in [0.5, 0.6) is 5.75 Å². The Morgan fingerprint density at radius 1 is 1.13 bits per heavy atom. The Morgan fingerprint density at radius 2 is 1.81 bits per heavy atom. The second kappa shape index (κ2) is 9.31. The Balaban J connectivity index is 2.08. The molecule has 1 aliphatic rings. The summed E-state index contributed by atoms with van der Waals surface area (Å²) in [7, 11) is 1.56. The van der Waals surface area contributed by atoms with Crippen molar-refractivity contribution in [1.82, 2.24) is 0 Å². The second-order valence-electron chi connectivity index (χ2n) is 7.63. The Morgan fingerprint density at radius 3 is 2.39 bits per heavy atom. The molecule has 0 radical (unpaired) electrons. The van der Waals surface area contributed by atoms with Gasteiger partial charge >= 0.3 is 0 Å². The molecule has 0 unspecified atom stereocenters. The molecule has 2 aromatic carbocycles. The van der Waals surface area contributed by atoms with E-state index in [2.05, 4.69) is 5.16 Å². The van der Waals surface area contributed by atoms with E-state index < -0.39 is 36.3 Å². The summed E-state index contributed by atoms with van der Waals surface area (Å²) in [5, 5.41) is 64.4. The van der Waals surface area contributed by atoms with Crippen LogP contribution in [0.2, 0.25) is 0 Å². The molecule has 3 rings (SSSR count). The van der Waals surface area contributed by atoms with Crippen molar-refractivity contribution in [1.29, 1.82) is 0 Å². The van der Waals surface area contributed by atoms with Gasteiger partial charge < -0.3 is 40.2 Å². The van der Waals surface area contributed by atoms with Crippen LogP contribution < -0.4 is 4.74 Å². The van der Waals surface area contributed by atoms with Gasteiger partial charge in [-0.2, -0.15) is 0 Å². The van der Waals surface area contributed by atoms with Crippen molar-refractivity contribution >= 4 is 6.21 Å². The number of hydrogen-bond donors (Lipinski definition) is 6. The SMILES string of the molecule is COc1ccc(Cc2ccc(C=NO)cc2[C@@]2(O)O[C@H]([C@H](C)O)[C@@H](O)[C@H](O)[C@H]2O)cc1. The van der Waals surface area contributed by atoms with Gasteiger partial charge in [-0.1, -0.05) is 29.4 Å². The molecule has 6 atom stereocenters. The number of ether oxygens (including phenoxy) is 2. The van der Waals surface area contributed by atoms with E-state index in [1.807, 2.05) is 12.1 Å². The molecule has 0 aromatic heterocycles. The molecular formula is C22H27NO8. The zero-order valence-corrected chi connectivity index (χ0v) is 17.2. The number of rotatable bonds is 6. The quantitative estimate of drug-likeness (QED) is 0.213. The number of aliphatic hydroxyl groups is 5. The average molecular weight is 433 g/mol. The normalized spacial score (nSPS) is 29.8. The summed E-state index contributed by atoms with van der Waals surface area (Å²) in [6.07, 6.45) is -6.43. The summed E-state index contributed by atoms with van der Waals surface area (Å²) in [6.45, 7) is 1.34. The highest BCUT2D eigenvalue weighted by atomic mass is 16.7. The largest absolute Gasteiger partial charge is 0.497 e. The van der Waals surface area contributed by atoms with Gasteiger partial charge in [-0.25, -0.2) is 0 Å². The van der Waals surface area contributed by atoms with Crippen LogP contribution in [0, 0.1) is 0 Å². The van der Waals surface area contributed by atoms with Crippen LogP contribution in [0.3, 0.4) is 0 Å². The fourth-order valence-electron chi connectivity index (χ4n) is 3.76. The maximum atomic E-state index is 11.4. The molecule has 1 heterocycles. The van der Waals surface area contributed by atoms with Crippen LogP contribution >= 0.6 is 0 Å². The monoisotopic (exact) mass is 433 g/mol. The first kappa shape index (κ1) is 23.1. The lowest BCUT2D eigenvalue weighted by atomic mass is 9.83. The first-order chi connectivity index (χ1) is 14.7. The van der Waals surface area contributed by atoms with Gasteiger partial charge in [0.25, 0.3) is 0 Å². The number of aliphatic hydroxyl groups excluding tert-OH is 4. The molecule has 2 aromatic rings. The lowest BCUT2D eigenvalue weighted by Gasteiger charge is -2.47. The van der Waals surface area contributed by atoms with Gasteiger partial charge in [-0.15, -0.1) is 0 Å². The molecule has 1 saturated heterocycles. The summed E-state index contributed by atoms with van der Waals surface area (Å²) in [5.41, 5.74) is 1.92. The molecule has 0 spiro atoms. The molecule has 0 aliphatic carbocycles. The van der Waals surface area contributed by atoms with Crippen LogP contribution in [0.15, 0.2) is 47.6 Å². The molecular weight excluding hydrogens is 406 g/mol. The molecule has 1 fully saturated rings. The van der Waals surface area contributed by atoms with Gasteiger partial charge in [0.2, 0.25) is 5.79 Å². The van der Waals surface area contributed by atoms with Crippen molar-refractivity contribution in [2.75, 3.05) is 7.11 Å². The van der Waals surface area contributed by atoms with Crippen LogP contribution in [0.4, 0.5) is 0 Å². The van der Waals surface area contributed by atoms with Gasteiger partial charge in [0.05, 0.1) is 19.4 Å². The number of benzene rings is 2. The van der Waals surface area contributed by atoms with Gasteiger partial charge in [-0.05, 0) is 48.2 Å². The van der Waals surface area contributed by atoms with E-state index in [0.717, 1.165) is 11.8 Å². The highest BCUT2D eigenvalue weighted by Crippen LogP contribution is 2.39. The van der Waals surface area contributed by atoms with Crippen molar-refractivity contribution in [2.24, 2.45) is 5.16 Å². The van der Waals surface area contributed by atoms with Gasteiger partial charge in [0.1, 0.15) is 30.2 Å². The lowest BCUT2D eigenvalue weighted by molar-refractivity contribution is -0.364. The Labute approximate surface area is 179 Å². The third-order valence-electron chi connectivity index (χ3n) is 5.48. The molecule has 9 heteroatoms. The minimum absolute atomic E-state index is 0.102. The van der Waals surface area contributed by atoms with E-state index in [1.165, 1.54) is 13.0 Å². The van der Waals surface area contributed by atoms with E-state index in [1.54, 1.807) is 31.4 Å². The van der Waals surface area contributed by atoms with Crippen molar-refractivity contribution < 1.29 is 40.2 Å². The van der Waals surface area contributed by atoms with Crippen molar-refractivity contribution in [3.8, 4) is 5.75 Å². The highest BCUT2D eigenvalue weighted by Gasteiger charge is 2.55. The fraction of sp³-hybridized carbons (Fsp3) is 0.409. The summed E-state index contributed by atoms with van der Waals surface area (Å²) in [5.74, 6) is -1.76. The summed E-state index contributed by atoms with van der Waals surface area (Å²) < 4.78 is 10.7. The number of methoxy groups -OCH3 is 1. The molecule has 0 amide bonds. The first-order valence-corrected chi connectivity index (χ1v) is 9.77. The highest BCUT2D eigenvalue weighted by molar-refractivity contribution is 5.79. The third-order valence-corrected chi connectivity index (χ3v) is 5.48. The molecule has 31 heavy (non-hydrogen) atoms. The van der Waals surface area contributed by atoms with E-state index in [9.17, 15) is 25.5 Å². The van der Waals surface area contributed by atoms with Gasteiger partial charge in [-0.3, -0.25) is 0 Å². The molecule has 168 valence electrons. The van der Waals surface area contributed by atoms with Crippen molar-refractivity contribution in [3.63, 3.8) is 0 Å². The molecule has 1 aliphatic heterocycles. The third kappa shape index (κ3) is 4.57. The van der Waals surface area contributed by atoms with Crippen molar-refractivity contribution in [3.05, 3.63) is 64.7 Å². The Bertz CT molecular complexity index is 916. The predicted octanol–water partition coefficient (Wildman–Crippen LogP) is 0.101. The number of oxime groups is 1. The van der Waals surface area contributed by atoms with Crippen molar-refractivity contribution in [2.45, 2.75) is 49.7 Å². The van der Waals surface area contributed by atoms with E-state index >= 15 is 0 Å². The molecule has 0 saturated carbocycles. The molecule has 0 bridgehead atoms. The fourth-order valence-corrected chi connectivity index (χ4v) is 3.76. The van der Waals surface area contributed by atoms with Crippen LogP contribution in [-0.4, -0.2) is 74.6 Å². The molecule has 6 N–H and O–H groups in total. The smallest absolute Gasteiger partial charge is 0.222 e. The van der Waals surface area contributed by atoms with Crippen LogP contribution in [0.25, 0.3) is 0 Å². The van der Waals surface area contributed by atoms with Gasteiger partial charge in [0.15, 0.2) is 0 Å². The van der Waals surface area contributed by atoms with E-state index in [-0.39, 0.29) is 5.56 Å². The van der Waals surface area contributed by atoms with Crippen LogP contribution in [0.1, 0.15) is 29.2 Å². The summed E-state index contributed by atoms with van der Waals surface area (Å²) in [6, 6.07) is 12.0. The maximum absolute atomic E-state index is 11.4. The van der Waals surface area contributed by atoms with Crippen LogP contribution in [-0.2, 0) is 16.9 Å². The zero-order chi connectivity index (χ0) is 22.8. The Hall–Kier alpha value is -2.53. The zero-order valence-electron chi connectivity index (χ0n) is 17.2. The predicted molar refractivity (Wildman–Crippen MR) is 110 cm³/mol. The average Bonchev–Trinajstić information content (AvgIpc) is 2.76. The lowest BCUT2D eigenvalue weighted by Crippen LogP contribution is -2.65.